The van der Waals surface area contributed by atoms with Crippen molar-refractivity contribution >= 4 is 11.8 Å². The molecular weight excluding hydrogens is 270 g/mol. The van der Waals surface area contributed by atoms with E-state index >= 15 is 0 Å². The van der Waals surface area contributed by atoms with Gasteiger partial charge in [-0.2, -0.15) is 0 Å². The molecule has 0 spiro atoms. The molecule has 1 fully saturated rings. The maximum Gasteiger partial charge on any atom is 0.236 e. The highest BCUT2D eigenvalue weighted by molar-refractivity contribution is 5.78. The standard InChI is InChI=1S/C15H23N3O3/c1-12-4-5-14(21-12)10-16(3)15(20)11-17-6-8-18(9-7-17)13(2)19/h4-5H,6-11H2,1-3H3. The summed E-state index contributed by atoms with van der Waals surface area (Å²) < 4.78 is 5.48. The largest absolute Gasteiger partial charge is 0.464 e. The third kappa shape index (κ3) is 4.32. The Morgan fingerprint density at radius 2 is 1.90 bits per heavy atom. The van der Waals surface area contributed by atoms with Crippen LogP contribution in [0.2, 0.25) is 0 Å². The molecule has 0 radical (unpaired) electrons. The molecule has 0 atom stereocenters. The summed E-state index contributed by atoms with van der Waals surface area (Å²) in [5.74, 6) is 1.82. The van der Waals surface area contributed by atoms with Crippen LogP contribution in [0.1, 0.15) is 18.4 Å². The zero-order valence-corrected chi connectivity index (χ0v) is 13.0. The molecule has 2 amide bonds. The minimum absolute atomic E-state index is 0.0697. The zero-order valence-electron chi connectivity index (χ0n) is 13.0. The lowest BCUT2D eigenvalue weighted by atomic mass is 10.3. The number of nitrogens with zero attached hydrogens (tertiary/aromatic N) is 3. The van der Waals surface area contributed by atoms with Gasteiger partial charge in [-0.25, -0.2) is 0 Å². The van der Waals surface area contributed by atoms with Crippen LogP contribution in [0.25, 0.3) is 0 Å². The van der Waals surface area contributed by atoms with E-state index in [1.165, 1.54) is 0 Å². The van der Waals surface area contributed by atoms with Crippen molar-refractivity contribution in [1.82, 2.24) is 14.7 Å². The molecule has 1 aliphatic rings. The number of furan rings is 1. The van der Waals surface area contributed by atoms with E-state index in [-0.39, 0.29) is 11.8 Å². The number of rotatable bonds is 4. The van der Waals surface area contributed by atoms with E-state index in [1.807, 2.05) is 24.0 Å². The molecule has 21 heavy (non-hydrogen) atoms. The van der Waals surface area contributed by atoms with Crippen molar-refractivity contribution in [3.05, 3.63) is 23.7 Å². The van der Waals surface area contributed by atoms with Crippen LogP contribution in [0.15, 0.2) is 16.5 Å². The van der Waals surface area contributed by atoms with Gasteiger partial charge in [0.05, 0.1) is 13.1 Å². The van der Waals surface area contributed by atoms with Crippen LogP contribution < -0.4 is 0 Å². The van der Waals surface area contributed by atoms with E-state index in [2.05, 4.69) is 4.90 Å². The van der Waals surface area contributed by atoms with E-state index < -0.39 is 0 Å². The van der Waals surface area contributed by atoms with Crippen LogP contribution >= 0.6 is 0 Å². The predicted molar refractivity (Wildman–Crippen MR) is 78.6 cm³/mol. The van der Waals surface area contributed by atoms with Crippen LogP contribution in [0.5, 0.6) is 0 Å². The van der Waals surface area contributed by atoms with Crippen molar-refractivity contribution < 1.29 is 14.0 Å². The van der Waals surface area contributed by atoms with Crippen molar-refractivity contribution in [3.8, 4) is 0 Å². The monoisotopic (exact) mass is 293 g/mol. The molecule has 0 unspecified atom stereocenters. The highest BCUT2D eigenvalue weighted by Gasteiger charge is 2.21. The number of carbonyl (C=O) groups excluding carboxylic acids is 2. The number of aryl methyl sites for hydroxylation is 1. The second-order valence-corrected chi connectivity index (χ2v) is 5.54. The summed E-state index contributed by atoms with van der Waals surface area (Å²) in [5.41, 5.74) is 0. The number of piperazine rings is 1. The molecule has 0 aliphatic carbocycles. The number of hydrogen-bond acceptors (Lipinski definition) is 4. The molecule has 0 N–H and O–H groups in total. The average Bonchev–Trinajstić information content (AvgIpc) is 2.84. The van der Waals surface area contributed by atoms with Crippen LogP contribution in [-0.2, 0) is 16.1 Å². The lowest BCUT2D eigenvalue weighted by molar-refractivity contribution is -0.133. The predicted octanol–water partition coefficient (Wildman–Crippen LogP) is 0.711. The smallest absolute Gasteiger partial charge is 0.236 e. The van der Waals surface area contributed by atoms with Gasteiger partial charge in [-0.3, -0.25) is 14.5 Å². The third-order valence-electron chi connectivity index (χ3n) is 3.79. The molecule has 1 aliphatic heterocycles. The Morgan fingerprint density at radius 1 is 1.24 bits per heavy atom. The highest BCUT2D eigenvalue weighted by atomic mass is 16.3. The molecule has 2 heterocycles. The van der Waals surface area contributed by atoms with Crippen molar-refractivity contribution in [2.75, 3.05) is 39.8 Å². The van der Waals surface area contributed by atoms with E-state index in [9.17, 15) is 9.59 Å². The maximum atomic E-state index is 12.2. The molecule has 0 aromatic carbocycles. The molecule has 116 valence electrons. The van der Waals surface area contributed by atoms with E-state index in [4.69, 9.17) is 4.42 Å². The summed E-state index contributed by atoms with van der Waals surface area (Å²) in [7, 11) is 1.78. The summed E-state index contributed by atoms with van der Waals surface area (Å²) >= 11 is 0. The van der Waals surface area contributed by atoms with Crippen LogP contribution in [0.3, 0.4) is 0 Å². The molecule has 1 saturated heterocycles. The zero-order chi connectivity index (χ0) is 15.4. The Balaban J connectivity index is 1.77. The van der Waals surface area contributed by atoms with Gasteiger partial charge in [-0.1, -0.05) is 0 Å². The summed E-state index contributed by atoms with van der Waals surface area (Å²) in [6.45, 7) is 7.24. The van der Waals surface area contributed by atoms with E-state index in [1.54, 1.807) is 18.9 Å². The molecule has 1 aromatic rings. The van der Waals surface area contributed by atoms with Gasteiger partial charge in [0.25, 0.3) is 0 Å². The lowest BCUT2D eigenvalue weighted by Gasteiger charge is -2.34. The minimum Gasteiger partial charge on any atom is -0.464 e. The quantitative estimate of drug-likeness (QED) is 0.820. The van der Waals surface area contributed by atoms with Crippen LogP contribution in [0.4, 0.5) is 0 Å². The minimum atomic E-state index is 0.0697. The first-order valence-corrected chi connectivity index (χ1v) is 7.23. The topological polar surface area (TPSA) is 57.0 Å². The van der Waals surface area contributed by atoms with Crippen LogP contribution in [0, 0.1) is 6.92 Å². The Kier molecular flexibility index (Phi) is 5.01. The van der Waals surface area contributed by atoms with Gasteiger partial charge in [0.15, 0.2) is 0 Å². The normalized spacial score (nSPS) is 16.0. The Bertz CT molecular complexity index is 504. The van der Waals surface area contributed by atoms with Crippen molar-refractivity contribution in [2.24, 2.45) is 0 Å². The number of hydrogen-bond donors (Lipinski definition) is 0. The fourth-order valence-corrected chi connectivity index (χ4v) is 2.42. The number of carbonyl (C=O) groups is 2. The van der Waals surface area contributed by atoms with Crippen molar-refractivity contribution in [3.63, 3.8) is 0 Å². The summed E-state index contributed by atoms with van der Waals surface area (Å²) in [4.78, 5) is 29.0. The van der Waals surface area contributed by atoms with Crippen molar-refractivity contribution in [2.45, 2.75) is 20.4 Å². The lowest BCUT2D eigenvalue weighted by Crippen LogP contribution is -2.50. The molecule has 0 bridgehead atoms. The van der Waals surface area contributed by atoms with Gasteiger partial charge in [0, 0.05) is 40.2 Å². The molecule has 6 nitrogen and oxygen atoms in total. The molecular formula is C15H23N3O3. The highest BCUT2D eigenvalue weighted by Crippen LogP contribution is 2.09. The van der Waals surface area contributed by atoms with Gasteiger partial charge >= 0.3 is 0 Å². The van der Waals surface area contributed by atoms with Gasteiger partial charge < -0.3 is 14.2 Å². The van der Waals surface area contributed by atoms with Gasteiger partial charge in [-0.15, -0.1) is 0 Å². The Morgan fingerprint density at radius 3 is 2.43 bits per heavy atom. The molecule has 6 heteroatoms. The summed E-state index contributed by atoms with van der Waals surface area (Å²) in [6, 6.07) is 3.79. The van der Waals surface area contributed by atoms with E-state index in [0.29, 0.717) is 26.2 Å². The van der Waals surface area contributed by atoms with E-state index in [0.717, 1.165) is 24.6 Å². The molecule has 0 saturated carbocycles. The molecule has 1 aromatic heterocycles. The Labute approximate surface area is 125 Å². The Hall–Kier alpha value is -1.82. The van der Waals surface area contributed by atoms with Crippen LogP contribution in [-0.4, -0.2) is 66.3 Å². The first-order chi connectivity index (χ1) is 9.95. The van der Waals surface area contributed by atoms with Crippen molar-refractivity contribution in [1.29, 1.82) is 0 Å². The molecule has 2 rings (SSSR count). The van der Waals surface area contributed by atoms with Gasteiger partial charge in [-0.05, 0) is 19.1 Å². The second-order valence-electron chi connectivity index (χ2n) is 5.54. The second kappa shape index (κ2) is 6.76. The number of amides is 2. The number of likely N-dealkylation sites (N-methyl/N-ethyl adjacent to an activating group) is 1. The summed E-state index contributed by atoms with van der Waals surface area (Å²) in [6.07, 6.45) is 0. The van der Waals surface area contributed by atoms with Gasteiger partial charge in [0.2, 0.25) is 11.8 Å². The fourth-order valence-electron chi connectivity index (χ4n) is 2.42. The average molecular weight is 293 g/mol. The van der Waals surface area contributed by atoms with Gasteiger partial charge in [0.1, 0.15) is 11.5 Å². The summed E-state index contributed by atoms with van der Waals surface area (Å²) in [5, 5.41) is 0. The fraction of sp³-hybridized carbons (Fsp3) is 0.600. The first-order valence-electron chi connectivity index (χ1n) is 7.23. The maximum absolute atomic E-state index is 12.2. The SMILES string of the molecule is CC(=O)N1CCN(CC(=O)N(C)Cc2ccc(C)o2)CC1. The first kappa shape index (κ1) is 15.6. The third-order valence-corrected chi connectivity index (χ3v) is 3.79.